The Morgan fingerprint density at radius 3 is 2.67 bits per heavy atom. The van der Waals surface area contributed by atoms with Gasteiger partial charge in [-0.3, -0.25) is 0 Å². The Labute approximate surface area is 114 Å². The largest absolute Gasteiger partial charge is 0.383 e. The fraction of sp³-hybridized carbons (Fsp3) is 0.231. The maximum Gasteiger partial charge on any atom is 0.164 e. The van der Waals surface area contributed by atoms with E-state index >= 15 is 0 Å². The van der Waals surface area contributed by atoms with Crippen LogP contribution in [-0.4, -0.2) is 16.6 Å². The molecule has 0 saturated carbocycles. The highest BCUT2D eigenvalue weighted by Crippen LogP contribution is 2.25. The van der Waals surface area contributed by atoms with Crippen LogP contribution < -0.4 is 5.73 Å². The van der Waals surface area contributed by atoms with E-state index in [2.05, 4.69) is 25.9 Å². The van der Waals surface area contributed by atoms with Gasteiger partial charge in [-0.2, -0.15) is 0 Å². The predicted molar refractivity (Wildman–Crippen MR) is 74.1 cm³/mol. The number of nitrogens with two attached hydrogens (primary N) is 1. The summed E-state index contributed by atoms with van der Waals surface area (Å²) in [4.78, 5) is 8.53. The first-order valence-corrected chi connectivity index (χ1v) is 6.46. The zero-order valence-corrected chi connectivity index (χ0v) is 11.6. The minimum Gasteiger partial charge on any atom is -0.383 e. The predicted octanol–water partition coefficient (Wildman–Crippen LogP) is 2.95. The molecule has 1 atom stereocenters. The van der Waals surface area contributed by atoms with Crippen LogP contribution in [0.2, 0.25) is 0 Å². The topological polar surface area (TPSA) is 61.0 Å². The highest BCUT2D eigenvalue weighted by atomic mass is 79.9. The van der Waals surface area contributed by atoms with Crippen LogP contribution in [0, 0.1) is 0 Å². The van der Waals surface area contributed by atoms with Crippen LogP contribution >= 0.6 is 15.9 Å². The average Bonchev–Trinajstić information content (AvgIpc) is 2.40. The summed E-state index contributed by atoms with van der Waals surface area (Å²) in [6.45, 7) is 2.52. The molecule has 0 aliphatic carbocycles. The Bertz CT molecular complexity index is 519. The summed E-state index contributed by atoms with van der Waals surface area (Å²) in [6.07, 6.45) is 1.36. The zero-order valence-electron chi connectivity index (χ0n) is 10.0. The van der Waals surface area contributed by atoms with Gasteiger partial charge in [-0.15, -0.1) is 0 Å². The second-order valence-electron chi connectivity index (χ2n) is 3.71. The van der Waals surface area contributed by atoms with Crippen molar-refractivity contribution >= 4 is 21.7 Å². The summed E-state index contributed by atoms with van der Waals surface area (Å²) in [5, 5.41) is 0. The number of nitrogens with zero attached hydrogens (tertiary/aromatic N) is 2. The minimum atomic E-state index is -0.286. The van der Waals surface area contributed by atoms with Crippen LogP contribution in [-0.2, 0) is 4.74 Å². The smallest absolute Gasteiger partial charge is 0.164 e. The van der Waals surface area contributed by atoms with E-state index in [-0.39, 0.29) is 6.10 Å². The third-order valence-corrected chi connectivity index (χ3v) is 3.07. The summed E-state index contributed by atoms with van der Waals surface area (Å²) in [5.74, 6) is 0.990. The SMILES string of the molecule is CCOC(c1ccccc1)c1ncc(Br)c(N)n1. The van der Waals surface area contributed by atoms with Gasteiger partial charge in [0.2, 0.25) is 0 Å². The highest BCUT2D eigenvalue weighted by molar-refractivity contribution is 9.10. The van der Waals surface area contributed by atoms with Crippen LogP contribution in [0.25, 0.3) is 0 Å². The second-order valence-corrected chi connectivity index (χ2v) is 4.56. The number of anilines is 1. The van der Waals surface area contributed by atoms with E-state index in [1.165, 1.54) is 0 Å². The Kier molecular flexibility index (Phi) is 4.28. The molecule has 4 nitrogen and oxygen atoms in total. The van der Waals surface area contributed by atoms with Gasteiger partial charge in [-0.05, 0) is 28.4 Å². The normalized spacial score (nSPS) is 12.3. The standard InChI is InChI=1S/C13H14BrN3O/c1-2-18-11(9-6-4-3-5-7-9)13-16-8-10(14)12(15)17-13/h3-8,11H,2H2,1H3,(H2,15,16,17). The molecule has 94 valence electrons. The van der Waals surface area contributed by atoms with Crippen LogP contribution in [0.5, 0.6) is 0 Å². The lowest BCUT2D eigenvalue weighted by Crippen LogP contribution is -2.11. The first-order chi connectivity index (χ1) is 8.72. The van der Waals surface area contributed by atoms with E-state index in [4.69, 9.17) is 10.5 Å². The van der Waals surface area contributed by atoms with Crippen molar-refractivity contribution in [1.82, 2.24) is 9.97 Å². The Morgan fingerprint density at radius 1 is 1.33 bits per heavy atom. The molecular formula is C13H14BrN3O. The molecule has 2 rings (SSSR count). The van der Waals surface area contributed by atoms with E-state index in [0.29, 0.717) is 22.7 Å². The molecular weight excluding hydrogens is 294 g/mol. The van der Waals surface area contributed by atoms with E-state index in [0.717, 1.165) is 5.56 Å². The monoisotopic (exact) mass is 307 g/mol. The summed E-state index contributed by atoms with van der Waals surface area (Å²) < 4.78 is 6.40. The molecule has 0 bridgehead atoms. The quantitative estimate of drug-likeness (QED) is 0.943. The van der Waals surface area contributed by atoms with Crippen molar-refractivity contribution in [2.75, 3.05) is 12.3 Å². The molecule has 1 heterocycles. The van der Waals surface area contributed by atoms with Gasteiger partial charge in [0.1, 0.15) is 11.9 Å². The van der Waals surface area contributed by atoms with Gasteiger partial charge in [0.05, 0.1) is 4.47 Å². The summed E-state index contributed by atoms with van der Waals surface area (Å²) in [5.41, 5.74) is 6.79. The molecule has 18 heavy (non-hydrogen) atoms. The molecule has 5 heteroatoms. The van der Waals surface area contributed by atoms with E-state index in [1.807, 2.05) is 37.3 Å². The molecule has 0 fully saturated rings. The first-order valence-electron chi connectivity index (χ1n) is 5.66. The molecule has 2 N–H and O–H groups in total. The van der Waals surface area contributed by atoms with Crippen LogP contribution in [0.15, 0.2) is 41.0 Å². The van der Waals surface area contributed by atoms with Gasteiger partial charge in [0, 0.05) is 12.8 Å². The lowest BCUT2D eigenvalue weighted by molar-refractivity contribution is 0.0852. The third-order valence-electron chi connectivity index (χ3n) is 2.46. The number of hydrogen-bond donors (Lipinski definition) is 1. The Hall–Kier alpha value is -1.46. The summed E-state index contributed by atoms with van der Waals surface area (Å²) >= 11 is 3.28. The van der Waals surface area contributed by atoms with Gasteiger partial charge in [0.15, 0.2) is 5.82 Å². The number of aromatic nitrogens is 2. The van der Waals surface area contributed by atoms with Crippen molar-refractivity contribution in [3.8, 4) is 0 Å². The van der Waals surface area contributed by atoms with E-state index in [1.54, 1.807) is 6.20 Å². The fourth-order valence-corrected chi connectivity index (χ4v) is 1.83. The van der Waals surface area contributed by atoms with E-state index < -0.39 is 0 Å². The van der Waals surface area contributed by atoms with Crippen molar-refractivity contribution in [1.29, 1.82) is 0 Å². The molecule has 1 aromatic heterocycles. The molecule has 0 aliphatic rings. The summed E-state index contributed by atoms with van der Waals surface area (Å²) in [6, 6.07) is 9.86. The average molecular weight is 308 g/mol. The maximum absolute atomic E-state index is 5.78. The zero-order chi connectivity index (χ0) is 13.0. The molecule has 1 unspecified atom stereocenters. The maximum atomic E-state index is 5.78. The lowest BCUT2D eigenvalue weighted by Gasteiger charge is -2.16. The molecule has 0 radical (unpaired) electrons. The number of benzene rings is 1. The molecule has 0 spiro atoms. The lowest BCUT2D eigenvalue weighted by atomic mass is 10.1. The van der Waals surface area contributed by atoms with Crippen LogP contribution in [0.3, 0.4) is 0 Å². The summed E-state index contributed by atoms with van der Waals surface area (Å²) in [7, 11) is 0. The molecule has 1 aromatic carbocycles. The van der Waals surface area contributed by atoms with Crippen molar-refractivity contribution in [3.63, 3.8) is 0 Å². The fourth-order valence-electron chi connectivity index (χ4n) is 1.64. The second kappa shape index (κ2) is 5.93. The highest BCUT2D eigenvalue weighted by Gasteiger charge is 2.17. The molecule has 2 aromatic rings. The first kappa shape index (κ1) is 13.0. The number of halogens is 1. The van der Waals surface area contributed by atoms with Crippen molar-refractivity contribution in [2.24, 2.45) is 0 Å². The number of rotatable bonds is 4. The van der Waals surface area contributed by atoms with Gasteiger partial charge in [-0.1, -0.05) is 30.3 Å². The third kappa shape index (κ3) is 2.86. The van der Waals surface area contributed by atoms with Gasteiger partial charge in [-0.25, -0.2) is 9.97 Å². The van der Waals surface area contributed by atoms with Gasteiger partial charge >= 0.3 is 0 Å². The van der Waals surface area contributed by atoms with Crippen molar-refractivity contribution < 1.29 is 4.74 Å². The molecule has 0 aliphatic heterocycles. The number of hydrogen-bond acceptors (Lipinski definition) is 4. The van der Waals surface area contributed by atoms with Gasteiger partial charge in [0.25, 0.3) is 0 Å². The molecule has 0 amide bonds. The van der Waals surface area contributed by atoms with Crippen LogP contribution in [0.4, 0.5) is 5.82 Å². The number of ether oxygens (including phenoxy) is 1. The van der Waals surface area contributed by atoms with Crippen molar-refractivity contribution in [2.45, 2.75) is 13.0 Å². The van der Waals surface area contributed by atoms with Crippen molar-refractivity contribution in [3.05, 3.63) is 52.4 Å². The Balaban J connectivity index is 2.38. The Morgan fingerprint density at radius 2 is 2.06 bits per heavy atom. The van der Waals surface area contributed by atoms with E-state index in [9.17, 15) is 0 Å². The van der Waals surface area contributed by atoms with Crippen LogP contribution in [0.1, 0.15) is 24.4 Å². The molecule has 0 saturated heterocycles. The van der Waals surface area contributed by atoms with Gasteiger partial charge < -0.3 is 10.5 Å². The number of nitrogen functional groups attached to an aromatic ring is 1. The minimum absolute atomic E-state index is 0.286.